The Bertz CT molecular complexity index is 330. The molecule has 0 spiro atoms. The van der Waals surface area contributed by atoms with Gasteiger partial charge in [0.25, 0.3) is 0 Å². The number of phenolic OH excluding ortho intramolecular Hbond substituents is 1. The standard InChI is InChI=1S/C13H20N2O/c1-10(11-3-5-13(16)6-4-11)15(2)12-7-8-14-9-12/h3-6,10,12,14,16H,7-9H2,1-2H3. The lowest BCUT2D eigenvalue weighted by Crippen LogP contribution is -2.35. The molecule has 3 heteroatoms. The zero-order chi connectivity index (χ0) is 11.5. The first kappa shape index (κ1) is 11.4. The largest absolute Gasteiger partial charge is 0.508 e. The maximum atomic E-state index is 9.26. The Labute approximate surface area is 97.1 Å². The third-order valence-electron chi connectivity index (χ3n) is 3.60. The molecule has 0 bridgehead atoms. The summed E-state index contributed by atoms with van der Waals surface area (Å²) in [6.45, 7) is 4.42. The van der Waals surface area contributed by atoms with Crippen molar-refractivity contribution in [3.05, 3.63) is 29.8 Å². The number of rotatable bonds is 3. The minimum absolute atomic E-state index is 0.334. The number of nitrogens with one attached hydrogen (secondary N) is 1. The van der Waals surface area contributed by atoms with Crippen molar-refractivity contribution in [2.24, 2.45) is 0 Å². The van der Waals surface area contributed by atoms with Gasteiger partial charge in [-0.25, -0.2) is 0 Å². The molecule has 2 N–H and O–H groups in total. The number of aromatic hydroxyl groups is 1. The molecule has 0 amide bonds. The van der Waals surface area contributed by atoms with Gasteiger partial charge in [0.05, 0.1) is 0 Å². The van der Waals surface area contributed by atoms with Gasteiger partial charge in [0.1, 0.15) is 5.75 Å². The molecule has 16 heavy (non-hydrogen) atoms. The van der Waals surface area contributed by atoms with Gasteiger partial charge in [-0.1, -0.05) is 12.1 Å². The molecule has 1 saturated heterocycles. The van der Waals surface area contributed by atoms with Gasteiger partial charge < -0.3 is 10.4 Å². The average Bonchev–Trinajstić information content (AvgIpc) is 2.81. The van der Waals surface area contributed by atoms with Crippen molar-refractivity contribution in [3.8, 4) is 5.75 Å². The van der Waals surface area contributed by atoms with Gasteiger partial charge >= 0.3 is 0 Å². The molecule has 2 atom stereocenters. The van der Waals surface area contributed by atoms with Gasteiger partial charge in [-0.2, -0.15) is 0 Å². The Morgan fingerprint density at radius 2 is 2.06 bits per heavy atom. The molecule has 1 heterocycles. The molecule has 1 aliphatic heterocycles. The van der Waals surface area contributed by atoms with E-state index in [1.165, 1.54) is 12.0 Å². The molecule has 1 aliphatic rings. The summed E-state index contributed by atoms with van der Waals surface area (Å²) in [6, 6.07) is 8.53. The lowest BCUT2D eigenvalue weighted by molar-refractivity contribution is 0.197. The van der Waals surface area contributed by atoms with Crippen molar-refractivity contribution >= 4 is 0 Å². The highest BCUT2D eigenvalue weighted by Gasteiger charge is 2.23. The fraction of sp³-hybridized carbons (Fsp3) is 0.538. The van der Waals surface area contributed by atoms with Crippen molar-refractivity contribution in [1.29, 1.82) is 0 Å². The molecule has 0 saturated carbocycles. The van der Waals surface area contributed by atoms with Crippen LogP contribution in [0.1, 0.15) is 24.9 Å². The van der Waals surface area contributed by atoms with Crippen molar-refractivity contribution < 1.29 is 5.11 Å². The Kier molecular flexibility index (Phi) is 3.46. The van der Waals surface area contributed by atoms with Crippen LogP contribution in [0.25, 0.3) is 0 Å². The number of nitrogens with zero attached hydrogens (tertiary/aromatic N) is 1. The van der Waals surface area contributed by atoms with E-state index >= 15 is 0 Å². The second-order valence-electron chi connectivity index (χ2n) is 4.58. The van der Waals surface area contributed by atoms with Crippen LogP contribution < -0.4 is 5.32 Å². The predicted octanol–water partition coefficient (Wildman–Crippen LogP) is 1.75. The van der Waals surface area contributed by atoms with Crippen LogP contribution >= 0.6 is 0 Å². The van der Waals surface area contributed by atoms with Crippen LogP contribution in [0.3, 0.4) is 0 Å². The van der Waals surface area contributed by atoms with Gasteiger partial charge in [-0.3, -0.25) is 4.90 Å². The molecule has 0 radical (unpaired) electrons. The second-order valence-corrected chi connectivity index (χ2v) is 4.58. The van der Waals surface area contributed by atoms with Gasteiger partial charge in [0.15, 0.2) is 0 Å². The van der Waals surface area contributed by atoms with Gasteiger partial charge in [0, 0.05) is 18.6 Å². The lowest BCUT2D eigenvalue weighted by atomic mass is 10.1. The number of hydrogen-bond acceptors (Lipinski definition) is 3. The van der Waals surface area contributed by atoms with E-state index in [1.54, 1.807) is 12.1 Å². The van der Waals surface area contributed by atoms with Crippen LogP contribution in [0.15, 0.2) is 24.3 Å². The van der Waals surface area contributed by atoms with Crippen LogP contribution in [-0.4, -0.2) is 36.2 Å². The molecule has 3 nitrogen and oxygen atoms in total. The summed E-state index contributed by atoms with van der Waals surface area (Å²) in [5.41, 5.74) is 1.26. The fourth-order valence-corrected chi connectivity index (χ4v) is 2.29. The molecular weight excluding hydrogens is 200 g/mol. The monoisotopic (exact) mass is 220 g/mol. The highest BCUT2D eigenvalue weighted by molar-refractivity contribution is 5.27. The van der Waals surface area contributed by atoms with Crippen LogP contribution in [0.2, 0.25) is 0 Å². The summed E-state index contributed by atoms with van der Waals surface area (Å²) in [5.74, 6) is 0.334. The second kappa shape index (κ2) is 4.85. The van der Waals surface area contributed by atoms with Crippen molar-refractivity contribution in [2.75, 3.05) is 20.1 Å². The summed E-state index contributed by atoms with van der Waals surface area (Å²) in [6.07, 6.45) is 1.22. The van der Waals surface area contributed by atoms with E-state index in [9.17, 15) is 5.11 Å². The maximum absolute atomic E-state index is 9.26. The number of phenols is 1. The molecule has 0 aliphatic carbocycles. The highest BCUT2D eigenvalue weighted by Crippen LogP contribution is 2.24. The normalized spacial score (nSPS) is 22.6. The summed E-state index contributed by atoms with van der Waals surface area (Å²) in [7, 11) is 2.18. The first-order valence-electron chi connectivity index (χ1n) is 5.90. The van der Waals surface area contributed by atoms with Crippen molar-refractivity contribution in [2.45, 2.75) is 25.4 Å². The topological polar surface area (TPSA) is 35.5 Å². The van der Waals surface area contributed by atoms with E-state index in [1.807, 2.05) is 12.1 Å². The van der Waals surface area contributed by atoms with Crippen molar-refractivity contribution in [1.82, 2.24) is 10.2 Å². The van der Waals surface area contributed by atoms with E-state index in [-0.39, 0.29) is 0 Å². The molecule has 1 aromatic rings. The Balaban J connectivity index is 2.05. The van der Waals surface area contributed by atoms with E-state index in [4.69, 9.17) is 0 Å². The zero-order valence-electron chi connectivity index (χ0n) is 9.98. The van der Waals surface area contributed by atoms with Crippen molar-refractivity contribution in [3.63, 3.8) is 0 Å². The molecule has 2 rings (SSSR count). The smallest absolute Gasteiger partial charge is 0.115 e. The van der Waals surface area contributed by atoms with Crippen LogP contribution in [0.4, 0.5) is 0 Å². The van der Waals surface area contributed by atoms with Crippen LogP contribution in [-0.2, 0) is 0 Å². The third-order valence-corrected chi connectivity index (χ3v) is 3.60. The quantitative estimate of drug-likeness (QED) is 0.814. The Morgan fingerprint density at radius 3 is 2.62 bits per heavy atom. The lowest BCUT2D eigenvalue weighted by Gasteiger charge is -2.30. The Morgan fingerprint density at radius 1 is 1.38 bits per heavy atom. The van der Waals surface area contributed by atoms with E-state index in [0.717, 1.165) is 13.1 Å². The molecule has 1 fully saturated rings. The molecular formula is C13H20N2O. The maximum Gasteiger partial charge on any atom is 0.115 e. The average molecular weight is 220 g/mol. The summed E-state index contributed by atoms with van der Waals surface area (Å²) in [5, 5.41) is 12.7. The molecule has 88 valence electrons. The zero-order valence-corrected chi connectivity index (χ0v) is 9.98. The van der Waals surface area contributed by atoms with Gasteiger partial charge in [-0.05, 0) is 44.6 Å². The highest BCUT2D eigenvalue weighted by atomic mass is 16.3. The first-order valence-corrected chi connectivity index (χ1v) is 5.90. The van der Waals surface area contributed by atoms with Crippen LogP contribution in [0, 0.1) is 0 Å². The first-order chi connectivity index (χ1) is 7.68. The SMILES string of the molecule is CC(c1ccc(O)cc1)N(C)C1CCNC1. The summed E-state index contributed by atoms with van der Waals surface area (Å²) >= 11 is 0. The van der Waals surface area contributed by atoms with E-state index < -0.39 is 0 Å². The van der Waals surface area contributed by atoms with E-state index in [2.05, 4.69) is 24.2 Å². The minimum Gasteiger partial charge on any atom is -0.508 e. The van der Waals surface area contributed by atoms with Gasteiger partial charge in [-0.15, -0.1) is 0 Å². The fourth-order valence-electron chi connectivity index (χ4n) is 2.29. The number of likely N-dealkylation sites (N-methyl/N-ethyl adjacent to an activating group) is 1. The number of benzene rings is 1. The summed E-state index contributed by atoms with van der Waals surface area (Å²) in [4.78, 5) is 2.41. The Hall–Kier alpha value is -1.06. The van der Waals surface area contributed by atoms with Crippen LogP contribution in [0.5, 0.6) is 5.75 Å². The molecule has 0 aromatic heterocycles. The molecule has 2 unspecified atom stereocenters. The van der Waals surface area contributed by atoms with Gasteiger partial charge in [0.2, 0.25) is 0 Å². The number of hydrogen-bond donors (Lipinski definition) is 2. The third kappa shape index (κ3) is 2.36. The minimum atomic E-state index is 0.334. The molecule has 1 aromatic carbocycles. The summed E-state index contributed by atoms with van der Waals surface area (Å²) < 4.78 is 0. The van der Waals surface area contributed by atoms with E-state index in [0.29, 0.717) is 17.8 Å². The predicted molar refractivity (Wildman–Crippen MR) is 65.6 cm³/mol.